The fraction of sp³-hybridized carbons (Fsp3) is 0.316. The standard InChI is InChI=1S/C11H14FN.C8H8O3/c12-11-3-1-9(2-4-11)10-5-7-13-8-6-10;1-11-7-4-2-6(3-5-7)8(9)10/h1-4,10,13H,5-8H2;2-5H,1H3,(H,9,10). The van der Waals surface area contributed by atoms with E-state index < -0.39 is 5.97 Å². The molecule has 3 rings (SSSR count). The van der Waals surface area contributed by atoms with Gasteiger partial charge in [0.15, 0.2) is 0 Å². The highest BCUT2D eigenvalue weighted by Crippen LogP contribution is 2.24. The fourth-order valence-electron chi connectivity index (χ4n) is 2.62. The van der Waals surface area contributed by atoms with Crippen molar-refractivity contribution in [1.82, 2.24) is 5.32 Å². The van der Waals surface area contributed by atoms with Crippen LogP contribution in [-0.4, -0.2) is 31.3 Å². The van der Waals surface area contributed by atoms with Crippen LogP contribution in [-0.2, 0) is 0 Å². The normalized spacial score (nSPS) is 14.4. The van der Waals surface area contributed by atoms with Gasteiger partial charge < -0.3 is 15.2 Å². The maximum Gasteiger partial charge on any atom is 0.335 e. The molecular formula is C19H22FNO3. The number of carboxylic acid groups (broad SMARTS) is 1. The molecule has 2 aromatic rings. The number of ether oxygens (including phenoxy) is 1. The van der Waals surface area contributed by atoms with Gasteiger partial charge in [-0.1, -0.05) is 12.1 Å². The smallest absolute Gasteiger partial charge is 0.335 e. The molecule has 4 nitrogen and oxygen atoms in total. The van der Waals surface area contributed by atoms with E-state index in [0.29, 0.717) is 11.7 Å². The number of carboxylic acids is 1. The Labute approximate surface area is 141 Å². The lowest BCUT2D eigenvalue weighted by atomic mass is 9.90. The van der Waals surface area contributed by atoms with Crippen LogP contribution in [0.15, 0.2) is 48.5 Å². The van der Waals surface area contributed by atoms with Crippen LogP contribution < -0.4 is 10.1 Å². The molecule has 1 aliphatic heterocycles. The Bertz CT molecular complexity index is 635. The van der Waals surface area contributed by atoms with Crippen molar-refractivity contribution in [3.05, 3.63) is 65.5 Å². The Morgan fingerprint density at radius 3 is 2.17 bits per heavy atom. The average Bonchev–Trinajstić information content (AvgIpc) is 2.63. The van der Waals surface area contributed by atoms with Gasteiger partial charge in [-0.25, -0.2) is 9.18 Å². The third kappa shape index (κ3) is 5.35. The first-order valence-corrected chi connectivity index (χ1v) is 7.93. The Morgan fingerprint density at radius 1 is 1.08 bits per heavy atom. The summed E-state index contributed by atoms with van der Waals surface area (Å²) >= 11 is 0. The van der Waals surface area contributed by atoms with Gasteiger partial charge in [-0.3, -0.25) is 0 Å². The highest BCUT2D eigenvalue weighted by atomic mass is 19.1. The molecule has 1 fully saturated rings. The van der Waals surface area contributed by atoms with Gasteiger partial charge in [0.05, 0.1) is 12.7 Å². The molecule has 0 bridgehead atoms. The predicted octanol–water partition coefficient (Wildman–Crippen LogP) is 3.69. The predicted molar refractivity (Wildman–Crippen MR) is 91.2 cm³/mol. The van der Waals surface area contributed by atoms with Gasteiger partial charge >= 0.3 is 5.97 Å². The third-order valence-corrected chi connectivity index (χ3v) is 4.02. The van der Waals surface area contributed by atoms with Crippen LogP contribution in [0.3, 0.4) is 0 Å². The number of methoxy groups -OCH3 is 1. The number of nitrogens with one attached hydrogen (secondary N) is 1. The minimum Gasteiger partial charge on any atom is -0.497 e. The Balaban J connectivity index is 0.000000177. The van der Waals surface area contributed by atoms with Gasteiger partial charge in [0.2, 0.25) is 0 Å². The minimum absolute atomic E-state index is 0.141. The van der Waals surface area contributed by atoms with E-state index in [9.17, 15) is 9.18 Å². The van der Waals surface area contributed by atoms with E-state index in [4.69, 9.17) is 9.84 Å². The molecule has 0 aliphatic carbocycles. The summed E-state index contributed by atoms with van der Waals surface area (Å²) in [5.41, 5.74) is 1.55. The molecule has 0 unspecified atom stereocenters. The first-order valence-electron chi connectivity index (χ1n) is 7.93. The molecule has 2 N–H and O–H groups in total. The summed E-state index contributed by atoms with van der Waals surface area (Å²) in [6, 6.07) is 13.2. The first-order chi connectivity index (χ1) is 11.6. The molecule has 1 saturated heterocycles. The fourth-order valence-corrected chi connectivity index (χ4v) is 2.62. The molecule has 0 amide bonds. The van der Waals surface area contributed by atoms with E-state index in [-0.39, 0.29) is 11.4 Å². The number of hydrogen-bond acceptors (Lipinski definition) is 3. The number of halogens is 1. The van der Waals surface area contributed by atoms with Gasteiger partial charge in [0.1, 0.15) is 11.6 Å². The average molecular weight is 331 g/mol. The van der Waals surface area contributed by atoms with Gasteiger partial charge in [-0.15, -0.1) is 0 Å². The Hall–Kier alpha value is -2.40. The summed E-state index contributed by atoms with van der Waals surface area (Å²) < 4.78 is 17.5. The zero-order chi connectivity index (χ0) is 17.4. The van der Waals surface area contributed by atoms with Crippen molar-refractivity contribution in [3.63, 3.8) is 0 Å². The van der Waals surface area contributed by atoms with E-state index in [1.54, 1.807) is 24.3 Å². The zero-order valence-corrected chi connectivity index (χ0v) is 13.7. The SMILES string of the molecule is COc1ccc(C(=O)O)cc1.Fc1ccc(C2CCNCC2)cc1. The Kier molecular flexibility index (Phi) is 6.75. The third-order valence-electron chi connectivity index (χ3n) is 4.02. The van der Waals surface area contributed by atoms with E-state index in [1.807, 2.05) is 12.1 Å². The lowest BCUT2D eigenvalue weighted by Crippen LogP contribution is -2.26. The van der Waals surface area contributed by atoms with Crippen molar-refractivity contribution in [2.45, 2.75) is 18.8 Å². The molecule has 24 heavy (non-hydrogen) atoms. The molecule has 0 radical (unpaired) electrons. The summed E-state index contributed by atoms with van der Waals surface area (Å²) in [5.74, 6) is 0.224. The number of carbonyl (C=O) groups is 1. The molecule has 0 atom stereocenters. The number of benzene rings is 2. The monoisotopic (exact) mass is 331 g/mol. The van der Waals surface area contributed by atoms with Gasteiger partial charge in [-0.05, 0) is 73.8 Å². The van der Waals surface area contributed by atoms with Crippen LogP contribution in [0, 0.1) is 5.82 Å². The van der Waals surface area contributed by atoms with Crippen molar-refractivity contribution in [1.29, 1.82) is 0 Å². The molecule has 0 spiro atoms. The van der Waals surface area contributed by atoms with Crippen molar-refractivity contribution in [2.75, 3.05) is 20.2 Å². The van der Waals surface area contributed by atoms with E-state index >= 15 is 0 Å². The van der Waals surface area contributed by atoms with E-state index in [2.05, 4.69) is 5.32 Å². The zero-order valence-electron chi connectivity index (χ0n) is 13.7. The molecule has 1 heterocycles. The topological polar surface area (TPSA) is 58.6 Å². The highest BCUT2D eigenvalue weighted by molar-refractivity contribution is 5.87. The van der Waals surface area contributed by atoms with Crippen LogP contribution in [0.4, 0.5) is 4.39 Å². The second-order valence-corrected chi connectivity index (χ2v) is 5.61. The summed E-state index contributed by atoms with van der Waals surface area (Å²) in [6.45, 7) is 2.17. The van der Waals surface area contributed by atoms with Crippen LogP contribution in [0.1, 0.15) is 34.7 Å². The summed E-state index contributed by atoms with van der Waals surface area (Å²) in [5, 5.41) is 11.8. The lowest BCUT2D eigenvalue weighted by molar-refractivity contribution is 0.0697. The summed E-state index contributed by atoms with van der Waals surface area (Å²) in [4.78, 5) is 10.4. The van der Waals surface area contributed by atoms with Crippen molar-refractivity contribution in [3.8, 4) is 5.75 Å². The summed E-state index contributed by atoms with van der Waals surface area (Å²) in [6.07, 6.45) is 2.34. The van der Waals surface area contributed by atoms with Crippen LogP contribution in [0.5, 0.6) is 5.75 Å². The summed E-state index contributed by atoms with van der Waals surface area (Å²) in [7, 11) is 1.54. The quantitative estimate of drug-likeness (QED) is 0.901. The van der Waals surface area contributed by atoms with Crippen molar-refractivity contribution >= 4 is 5.97 Å². The largest absolute Gasteiger partial charge is 0.497 e. The molecule has 1 aliphatic rings. The number of hydrogen-bond donors (Lipinski definition) is 2. The van der Waals surface area contributed by atoms with Crippen LogP contribution in [0.25, 0.3) is 0 Å². The molecule has 5 heteroatoms. The molecule has 0 aromatic heterocycles. The first kappa shape index (κ1) is 17.9. The second-order valence-electron chi connectivity index (χ2n) is 5.61. The van der Waals surface area contributed by atoms with Gasteiger partial charge in [0.25, 0.3) is 0 Å². The van der Waals surface area contributed by atoms with E-state index in [1.165, 1.54) is 37.6 Å². The second kappa shape index (κ2) is 9.03. The number of rotatable bonds is 3. The van der Waals surface area contributed by atoms with Gasteiger partial charge in [0, 0.05) is 0 Å². The molecule has 128 valence electrons. The van der Waals surface area contributed by atoms with E-state index in [0.717, 1.165) is 13.1 Å². The molecule has 2 aromatic carbocycles. The van der Waals surface area contributed by atoms with Crippen molar-refractivity contribution < 1.29 is 19.0 Å². The lowest BCUT2D eigenvalue weighted by Gasteiger charge is -2.22. The van der Waals surface area contributed by atoms with Crippen molar-refractivity contribution in [2.24, 2.45) is 0 Å². The maximum atomic E-state index is 12.6. The Morgan fingerprint density at radius 2 is 1.67 bits per heavy atom. The van der Waals surface area contributed by atoms with Crippen LogP contribution >= 0.6 is 0 Å². The molecular weight excluding hydrogens is 309 g/mol. The number of piperidine rings is 1. The minimum atomic E-state index is -0.923. The van der Waals surface area contributed by atoms with Crippen LogP contribution in [0.2, 0.25) is 0 Å². The van der Waals surface area contributed by atoms with Gasteiger partial charge in [-0.2, -0.15) is 0 Å². The molecule has 0 saturated carbocycles. The maximum absolute atomic E-state index is 12.6. The number of aromatic carboxylic acids is 1. The highest BCUT2D eigenvalue weighted by Gasteiger charge is 2.14.